The zero-order chi connectivity index (χ0) is 16.6. The number of nitrogens with zero attached hydrogens (tertiary/aromatic N) is 3. The van der Waals surface area contributed by atoms with Crippen molar-refractivity contribution in [3.63, 3.8) is 0 Å². The fourth-order valence-electron chi connectivity index (χ4n) is 2.53. The van der Waals surface area contributed by atoms with Crippen molar-refractivity contribution in [2.45, 2.75) is 25.2 Å². The van der Waals surface area contributed by atoms with E-state index in [-0.39, 0.29) is 4.90 Å². The molecule has 0 unspecified atom stereocenters. The van der Waals surface area contributed by atoms with Crippen LogP contribution in [0, 0.1) is 13.8 Å². The van der Waals surface area contributed by atoms with Crippen LogP contribution in [0.5, 0.6) is 0 Å². The lowest BCUT2D eigenvalue weighted by molar-refractivity contribution is 0.580. The Labute approximate surface area is 139 Å². The molecule has 122 valence electrons. The standard InChI is InChI=1S/C15H18N4O2S2/c1-10-15(11(2)19(3)18-10)23(20,21)16-9-8-14-17-12-6-4-5-7-13(12)22-14/h4-7,16H,8-9H2,1-3H3. The van der Waals surface area contributed by atoms with E-state index >= 15 is 0 Å². The fraction of sp³-hybridized carbons (Fsp3) is 0.333. The maximum Gasteiger partial charge on any atom is 0.244 e. The molecular formula is C15H18N4O2S2. The second-order valence-electron chi connectivity index (χ2n) is 5.35. The van der Waals surface area contributed by atoms with E-state index in [1.165, 1.54) is 0 Å². The summed E-state index contributed by atoms with van der Waals surface area (Å²) in [6, 6.07) is 7.90. The highest BCUT2D eigenvalue weighted by molar-refractivity contribution is 7.89. The second-order valence-corrected chi connectivity index (χ2v) is 8.17. The van der Waals surface area contributed by atoms with Crippen molar-refractivity contribution in [3.05, 3.63) is 40.7 Å². The molecule has 2 aromatic heterocycles. The number of rotatable bonds is 5. The largest absolute Gasteiger partial charge is 0.271 e. The van der Waals surface area contributed by atoms with Gasteiger partial charge in [0.15, 0.2) is 0 Å². The summed E-state index contributed by atoms with van der Waals surface area (Å²) in [5.41, 5.74) is 2.10. The van der Waals surface area contributed by atoms with Gasteiger partial charge < -0.3 is 0 Å². The lowest BCUT2D eigenvalue weighted by atomic mass is 10.3. The molecule has 0 aliphatic carbocycles. The molecule has 0 atom stereocenters. The van der Waals surface area contributed by atoms with Crippen LogP contribution in [0.1, 0.15) is 16.4 Å². The normalized spacial score (nSPS) is 12.1. The van der Waals surface area contributed by atoms with Crippen molar-refractivity contribution < 1.29 is 8.42 Å². The van der Waals surface area contributed by atoms with Gasteiger partial charge in [0.05, 0.1) is 26.6 Å². The second kappa shape index (κ2) is 6.03. The van der Waals surface area contributed by atoms with Gasteiger partial charge in [-0.15, -0.1) is 11.3 Å². The van der Waals surface area contributed by atoms with Crippen LogP contribution < -0.4 is 4.72 Å². The molecule has 8 heteroatoms. The van der Waals surface area contributed by atoms with Gasteiger partial charge in [-0.1, -0.05) is 12.1 Å². The molecule has 0 bridgehead atoms. The highest BCUT2D eigenvalue weighted by Crippen LogP contribution is 2.22. The van der Waals surface area contributed by atoms with Crippen LogP contribution in [0.3, 0.4) is 0 Å². The Morgan fingerprint density at radius 3 is 2.65 bits per heavy atom. The SMILES string of the molecule is Cc1nn(C)c(C)c1S(=O)(=O)NCCc1nc2ccccc2s1. The number of nitrogens with one attached hydrogen (secondary N) is 1. The molecule has 6 nitrogen and oxygen atoms in total. The predicted octanol–water partition coefficient (Wildman–Crippen LogP) is 2.17. The summed E-state index contributed by atoms with van der Waals surface area (Å²) in [7, 11) is -1.82. The zero-order valence-corrected chi connectivity index (χ0v) is 14.8. The van der Waals surface area contributed by atoms with Crippen LogP contribution in [0.15, 0.2) is 29.2 Å². The zero-order valence-electron chi connectivity index (χ0n) is 13.2. The summed E-state index contributed by atoms with van der Waals surface area (Å²) in [5.74, 6) is 0. The molecule has 0 fully saturated rings. The van der Waals surface area contributed by atoms with Gasteiger partial charge >= 0.3 is 0 Å². The van der Waals surface area contributed by atoms with Gasteiger partial charge in [0.25, 0.3) is 0 Å². The van der Waals surface area contributed by atoms with E-state index in [0.29, 0.717) is 24.4 Å². The number of benzene rings is 1. The monoisotopic (exact) mass is 350 g/mol. The van der Waals surface area contributed by atoms with Crippen molar-refractivity contribution in [2.24, 2.45) is 7.05 Å². The number of aromatic nitrogens is 3. The van der Waals surface area contributed by atoms with E-state index < -0.39 is 10.0 Å². The van der Waals surface area contributed by atoms with Crippen molar-refractivity contribution in [3.8, 4) is 0 Å². The highest BCUT2D eigenvalue weighted by Gasteiger charge is 2.23. The van der Waals surface area contributed by atoms with E-state index in [1.807, 2.05) is 24.3 Å². The summed E-state index contributed by atoms with van der Waals surface area (Å²) in [5, 5.41) is 5.08. The number of sulfonamides is 1. The Kier molecular flexibility index (Phi) is 4.22. The molecule has 1 N–H and O–H groups in total. The van der Waals surface area contributed by atoms with E-state index in [2.05, 4.69) is 14.8 Å². The molecule has 3 rings (SSSR count). The Morgan fingerprint density at radius 1 is 1.26 bits per heavy atom. The molecule has 0 amide bonds. The maximum atomic E-state index is 12.5. The minimum absolute atomic E-state index is 0.268. The van der Waals surface area contributed by atoms with E-state index in [0.717, 1.165) is 15.2 Å². The van der Waals surface area contributed by atoms with Crippen molar-refractivity contribution in [1.82, 2.24) is 19.5 Å². The third kappa shape index (κ3) is 3.15. The van der Waals surface area contributed by atoms with Gasteiger partial charge in [-0.2, -0.15) is 5.10 Å². The van der Waals surface area contributed by atoms with Gasteiger partial charge in [0.1, 0.15) is 4.90 Å². The first-order valence-corrected chi connectivity index (χ1v) is 9.53. The summed E-state index contributed by atoms with van der Waals surface area (Å²) < 4.78 is 30.3. The Balaban J connectivity index is 1.72. The van der Waals surface area contributed by atoms with E-state index in [4.69, 9.17) is 0 Å². The lowest BCUT2D eigenvalue weighted by Gasteiger charge is -2.06. The van der Waals surface area contributed by atoms with Crippen LogP contribution in [-0.4, -0.2) is 29.7 Å². The van der Waals surface area contributed by atoms with E-state index in [1.54, 1.807) is 36.9 Å². The summed E-state index contributed by atoms with van der Waals surface area (Å²) >= 11 is 1.59. The molecule has 0 aliphatic heterocycles. The minimum Gasteiger partial charge on any atom is -0.271 e. The average molecular weight is 350 g/mol. The Bertz CT molecular complexity index is 924. The molecular weight excluding hydrogens is 332 g/mol. The molecule has 3 aromatic rings. The third-order valence-corrected chi connectivity index (χ3v) is 6.49. The first kappa shape index (κ1) is 16.1. The smallest absolute Gasteiger partial charge is 0.244 e. The molecule has 2 heterocycles. The van der Waals surface area contributed by atoms with Crippen LogP contribution in [0.2, 0.25) is 0 Å². The van der Waals surface area contributed by atoms with E-state index in [9.17, 15) is 8.42 Å². The molecule has 0 saturated carbocycles. The number of hydrogen-bond acceptors (Lipinski definition) is 5. The minimum atomic E-state index is -3.56. The quantitative estimate of drug-likeness (QED) is 0.765. The van der Waals surface area contributed by atoms with Gasteiger partial charge in [-0.3, -0.25) is 4.68 Å². The Morgan fingerprint density at radius 2 is 2.00 bits per heavy atom. The third-order valence-electron chi connectivity index (χ3n) is 3.68. The van der Waals surface area contributed by atoms with Crippen LogP contribution >= 0.6 is 11.3 Å². The first-order valence-electron chi connectivity index (χ1n) is 7.23. The summed E-state index contributed by atoms with van der Waals surface area (Å²) in [6.45, 7) is 3.77. The molecule has 23 heavy (non-hydrogen) atoms. The molecule has 0 radical (unpaired) electrons. The molecule has 0 saturated heterocycles. The first-order chi connectivity index (χ1) is 10.9. The maximum absolute atomic E-state index is 12.5. The van der Waals surface area contributed by atoms with Crippen molar-refractivity contribution in [1.29, 1.82) is 0 Å². The number of thiazole rings is 1. The number of para-hydroxylation sites is 1. The van der Waals surface area contributed by atoms with Gasteiger partial charge in [0, 0.05) is 20.0 Å². The number of hydrogen-bond donors (Lipinski definition) is 1. The summed E-state index contributed by atoms with van der Waals surface area (Å²) in [6.07, 6.45) is 0.566. The van der Waals surface area contributed by atoms with Gasteiger partial charge in [-0.25, -0.2) is 18.1 Å². The number of aryl methyl sites for hydroxylation is 2. The Hall–Kier alpha value is -1.77. The lowest BCUT2D eigenvalue weighted by Crippen LogP contribution is -2.27. The van der Waals surface area contributed by atoms with Crippen LogP contribution in [0.4, 0.5) is 0 Å². The highest BCUT2D eigenvalue weighted by atomic mass is 32.2. The molecule has 1 aromatic carbocycles. The van der Waals surface area contributed by atoms with Gasteiger partial charge in [-0.05, 0) is 26.0 Å². The predicted molar refractivity (Wildman–Crippen MR) is 91.2 cm³/mol. The van der Waals surface area contributed by atoms with Crippen molar-refractivity contribution in [2.75, 3.05) is 6.54 Å². The number of fused-ring (bicyclic) bond motifs is 1. The van der Waals surface area contributed by atoms with Crippen molar-refractivity contribution >= 4 is 31.6 Å². The van der Waals surface area contributed by atoms with Gasteiger partial charge in [0.2, 0.25) is 10.0 Å². The topological polar surface area (TPSA) is 76.9 Å². The molecule has 0 spiro atoms. The average Bonchev–Trinajstić information content (AvgIpc) is 2.99. The fourth-order valence-corrected chi connectivity index (χ4v) is 4.97. The van der Waals surface area contributed by atoms with Crippen LogP contribution in [0.25, 0.3) is 10.2 Å². The van der Waals surface area contributed by atoms with Crippen LogP contribution in [-0.2, 0) is 23.5 Å². The summed E-state index contributed by atoms with van der Waals surface area (Å²) in [4.78, 5) is 4.78. The molecule has 0 aliphatic rings.